The summed E-state index contributed by atoms with van der Waals surface area (Å²) in [5, 5.41) is 16.0. The standard InChI is InChI=1S/C26H29ClFN5O3/c1-16(14-34)17-7-9-33(13-17)8-3-4-25(35)32-23-11-19-22(12-24(23)36-2)29-15-30-26(19)31-18-5-6-21(28)20(27)10-18/h3-6,10-12,15-17,34H,7-9,13-14H2,1-2H3,(H,32,35)(H,29,30,31)/b4-3+/t16-,17-/m0/s1. The second-order valence-corrected chi connectivity index (χ2v) is 9.31. The van der Waals surface area contributed by atoms with Gasteiger partial charge in [-0.3, -0.25) is 9.69 Å². The number of ether oxygens (including phenoxy) is 1. The van der Waals surface area contributed by atoms with Crippen LogP contribution in [0, 0.1) is 17.7 Å². The van der Waals surface area contributed by atoms with Crippen LogP contribution in [-0.4, -0.2) is 59.2 Å². The van der Waals surface area contributed by atoms with Crippen LogP contribution in [0.25, 0.3) is 10.9 Å². The Bertz CT molecular complexity index is 1270. The molecule has 8 nitrogen and oxygen atoms in total. The number of rotatable bonds is 9. The van der Waals surface area contributed by atoms with E-state index >= 15 is 0 Å². The summed E-state index contributed by atoms with van der Waals surface area (Å²) in [5.41, 5.74) is 1.63. The SMILES string of the molecule is COc1cc2ncnc(Nc3ccc(F)c(Cl)c3)c2cc1NC(=O)/C=C/CN1CC[C@H]([C@@H](C)CO)C1. The van der Waals surface area contributed by atoms with E-state index in [4.69, 9.17) is 16.3 Å². The molecule has 1 aromatic heterocycles. The Morgan fingerprint density at radius 2 is 2.19 bits per heavy atom. The molecule has 4 rings (SSSR count). The smallest absolute Gasteiger partial charge is 0.248 e. The summed E-state index contributed by atoms with van der Waals surface area (Å²) >= 11 is 5.90. The number of carbonyl (C=O) groups is 1. The summed E-state index contributed by atoms with van der Waals surface area (Å²) in [4.78, 5) is 23.5. The van der Waals surface area contributed by atoms with Gasteiger partial charge < -0.3 is 20.5 Å². The van der Waals surface area contributed by atoms with Crippen molar-refractivity contribution < 1.29 is 19.0 Å². The largest absolute Gasteiger partial charge is 0.494 e. The molecular formula is C26H29ClFN5O3. The van der Waals surface area contributed by atoms with Crippen molar-refractivity contribution >= 4 is 45.6 Å². The zero-order valence-corrected chi connectivity index (χ0v) is 20.9. The molecule has 1 amide bonds. The van der Waals surface area contributed by atoms with E-state index in [-0.39, 0.29) is 23.5 Å². The van der Waals surface area contributed by atoms with E-state index in [1.54, 1.807) is 18.2 Å². The number of amides is 1. The lowest BCUT2D eigenvalue weighted by molar-refractivity contribution is -0.111. The summed E-state index contributed by atoms with van der Waals surface area (Å²) in [5.74, 6) is 0.892. The Morgan fingerprint density at radius 3 is 2.94 bits per heavy atom. The van der Waals surface area contributed by atoms with Crippen molar-refractivity contribution in [3.63, 3.8) is 0 Å². The minimum Gasteiger partial charge on any atom is -0.494 e. The van der Waals surface area contributed by atoms with E-state index in [9.17, 15) is 14.3 Å². The number of nitrogens with zero attached hydrogens (tertiary/aromatic N) is 3. The highest BCUT2D eigenvalue weighted by molar-refractivity contribution is 6.31. The monoisotopic (exact) mass is 513 g/mol. The maximum Gasteiger partial charge on any atom is 0.248 e. The van der Waals surface area contributed by atoms with Gasteiger partial charge in [-0.2, -0.15) is 0 Å². The molecule has 190 valence electrons. The number of benzene rings is 2. The fourth-order valence-corrected chi connectivity index (χ4v) is 4.47. The van der Waals surface area contributed by atoms with Gasteiger partial charge in [-0.25, -0.2) is 14.4 Å². The number of halogens is 2. The molecule has 2 heterocycles. The summed E-state index contributed by atoms with van der Waals surface area (Å²) in [6.07, 6.45) is 5.80. The number of likely N-dealkylation sites (tertiary alicyclic amines) is 1. The molecule has 10 heteroatoms. The lowest BCUT2D eigenvalue weighted by Crippen LogP contribution is -2.24. The third kappa shape index (κ3) is 6.10. The number of hydrogen-bond donors (Lipinski definition) is 3. The topological polar surface area (TPSA) is 99.6 Å². The van der Waals surface area contributed by atoms with Crippen LogP contribution in [0.15, 0.2) is 48.8 Å². The highest BCUT2D eigenvalue weighted by Crippen LogP contribution is 2.33. The molecule has 3 aromatic rings. The third-order valence-electron chi connectivity index (χ3n) is 6.43. The van der Waals surface area contributed by atoms with E-state index in [0.29, 0.717) is 46.3 Å². The van der Waals surface area contributed by atoms with Crippen LogP contribution in [-0.2, 0) is 4.79 Å². The van der Waals surface area contributed by atoms with E-state index in [2.05, 4.69) is 32.4 Å². The highest BCUT2D eigenvalue weighted by Gasteiger charge is 2.25. The molecule has 1 aliphatic heterocycles. The van der Waals surface area contributed by atoms with Gasteiger partial charge in [0.2, 0.25) is 5.91 Å². The zero-order valence-electron chi connectivity index (χ0n) is 20.2. The molecule has 2 atom stereocenters. The van der Waals surface area contributed by atoms with Crippen LogP contribution in [0.3, 0.4) is 0 Å². The molecule has 2 aromatic carbocycles. The Balaban J connectivity index is 1.48. The van der Waals surface area contributed by atoms with Crippen molar-refractivity contribution in [3.8, 4) is 5.75 Å². The Kier molecular flexibility index (Phi) is 8.35. The van der Waals surface area contributed by atoms with Gasteiger partial charge in [-0.1, -0.05) is 24.6 Å². The molecule has 0 radical (unpaired) electrons. The molecule has 0 unspecified atom stereocenters. The van der Waals surface area contributed by atoms with E-state index < -0.39 is 5.82 Å². The maximum absolute atomic E-state index is 13.5. The first-order valence-corrected chi connectivity index (χ1v) is 12.1. The number of aliphatic hydroxyl groups excluding tert-OH is 1. The first kappa shape index (κ1) is 25.8. The summed E-state index contributed by atoms with van der Waals surface area (Å²) < 4.78 is 19.0. The van der Waals surface area contributed by atoms with Crippen LogP contribution in [0.4, 0.5) is 21.6 Å². The van der Waals surface area contributed by atoms with Gasteiger partial charge in [-0.15, -0.1) is 0 Å². The predicted molar refractivity (Wildman–Crippen MR) is 139 cm³/mol. The third-order valence-corrected chi connectivity index (χ3v) is 6.72. The molecular weight excluding hydrogens is 485 g/mol. The normalized spacial score (nSPS) is 17.0. The van der Waals surface area contributed by atoms with Crippen molar-refractivity contribution in [2.75, 3.05) is 44.0 Å². The summed E-state index contributed by atoms with van der Waals surface area (Å²) in [7, 11) is 1.52. The van der Waals surface area contributed by atoms with E-state index in [0.717, 1.165) is 19.5 Å². The molecule has 1 aliphatic rings. The number of hydrogen-bond acceptors (Lipinski definition) is 7. The quantitative estimate of drug-likeness (QED) is 0.359. The van der Waals surface area contributed by atoms with Gasteiger partial charge in [0, 0.05) is 42.9 Å². The minimum absolute atomic E-state index is 0.00729. The highest BCUT2D eigenvalue weighted by atomic mass is 35.5. The molecule has 0 spiro atoms. The van der Waals surface area contributed by atoms with E-state index in [1.807, 2.05) is 6.08 Å². The van der Waals surface area contributed by atoms with Crippen molar-refractivity contribution in [2.45, 2.75) is 13.3 Å². The second kappa shape index (κ2) is 11.6. The van der Waals surface area contributed by atoms with Crippen molar-refractivity contribution in [1.82, 2.24) is 14.9 Å². The number of methoxy groups -OCH3 is 1. The Labute approximate surface area is 214 Å². The molecule has 3 N–H and O–H groups in total. The van der Waals surface area contributed by atoms with Crippen LogP contribution in [0.2, 0.25) is 5.02 Å². The zero-order chi connectivity index (χ0) is 25.7. The van der Waals surface area contributed by atoms with Crippen LogP contribution < -0.4 is 15.4 Å². The summed E-state index contributed by atoms with van der Waals surface area (Å²) in [6.45, 7) is 4.80. The molecule has 0 saturated carbocycles. The van der Waals surface area contributed by atoms with Crippen molar-refractivity contribution in [3.05, 3.63) is 59.7 Å². The van der Waals surface area contributed by atoms with Gasteiger partial charge in [0.25, 0.3) is 0 Å². The van der Waals surface area contributed by atoms with Crippen LogP contribution >= 0.6 is 11.6 Å². The average molecular weight is 514 g/mol. The van der Waals surface area contributed by atoms with Crippen molar-refractivity contribution in [1.29, 1.82) is 0 Å². The van der Waals surface area contributed by atoms with Crippen LogP contribution in [0.1, 0.15) is 13.3 Å². The fourth-order valence-electron chi connectivity index (χ4n) is 4.29. The minimum atomic E-state index is -0.512. The predicted octanol–water partition coefficient (Wildman–Crippen LogP) is 4.62. The lowest BCUT2D eigenvalue weighted by Gasteiger charge is -2.17. The molecule has 1 fully saturated rings. The Hall–Kier alpha value is -3.27. The molecule has 0 bridgehead atoms. The van der Waals surface area contributed by atoms with Gasteiger partial charge in [0.05, 0.1) is 23.3 Å². The molecule has 36 heavy (non-hydrogen) atoms. The number of aromatic nitrogens is 2. The van der Waals surface area contributed by atoms with E-state index in [1.165, 1.54) is 31.6 Å². The van der Waals surface area contributed by atoms with Crippen molar-refractivity contribution in [2.24, 2.45) is 11.8 Å². The van der Waals surface area contributed by atoms with Gasteiger partial charge >= 0.3 is 0 Å². The van der Waals surface area contributed by atoms with Gasteiger partial charge in [0.1, 0.15) is 23.7 Å². The fraction of sp³-hybridized carbons (Fsp3) is 0.346. The first-order chi connectivity index (χ1) is 17.4. The second-order valence-electron chi connectivity index (χ2n) is 8.91. The average Bonchev–Trinajstić information content (AvgIpc) is 3.34. The number of anilines is 3. The van der Waals surface area contributed by atoms with Crippen LogP contribution in [0.5, 0.6) is 5.75 Å². The van der Waals surface area contributed by atoms with Gasteiger partial charge in [0.15, 0.2) is 0 Å². The number of carbonyl (C=O) groups excluding carboxylic acids is 1. The molecule has 1 saturated heterocycles. The maximum atomic E-state index is 13.5. The van der Waals surface area contributed by atoms with Gasteiger partial charge in [-0.05, 0) is 49.1 Å². The molecule has 0 aliphatic carbocycles. The number of nitrogens with one attached hydrogen (secondary N) is 2. The lowest BCUT2D eigenvalue weighted by atomic mass is 9.94. The number of aliphatic hydroxyl groups is 1. The Morgan fingerprint density at radius 1 is 1.36 bits per heavy atom. The summed E-state index contributed by atoms with van der Waals surface area (Å²) in [6, 6.07) is 7.74. The number of fused-ring (bicyclic) bond motifs is 1. The first-order valence-electron chi connectivity index (χ1n) is 11.7.